The van der Waals surface area contributed by atoms with Crippen LogP contribution < -0.4 is 0 Å². The highest BCUT2D eigenvalue weighted by Gasteiger charge is 2.01. The zero-order valence-electron chi connectivity index (χ0n) is 6.78. The summed E-state index contributed by atoms with van der Waals surface area (Å²) in [6, 6.07) is 11.2. The Bertz CT molecular complexity index is 338. The van der Waals surface area contributed by atoms with Crippen molar-refractivity contribution in [2.75, 3.05) is 0 Å². The average molecular weight is 156 g/mol. The third-order valence-electron chi connectivity index (χ3n) is 1.73. The lowest BCUT2D eigenvalue weighted by Gasteiger charge is -2.00. The van der Waals surface area contributed by atoms with E-state index >= 15 is 0 Å². The van der Waals surface area contributed by atoms with Crippen LogP contribution in [0.15, 0.2) is 24.3 Å². The van der Waals surface area contributed by atoms with E-state index in [9.17, 15) is 0 Å². The second-order valence-corrected chi connectivity index (χ2v) is 2.58. The molecule has 0 spiro atoms. The maximum atomic E-state index is 8.60. The van der Waals surface area contributed by atoms with E-state index in [1.807, 2.05) is 25.1 Å². The molecule has 2 nitrogen and oxygen atoms in total. The molecule has 0 heterocycles. The first-order chi connectivity index (χ1) is 5.77. The fourth-order valence-corrected chi connectivity index (χ4v) is 0.921. The quantitative estimate of drug-likeness (QED) is 0.625. The Hall–Kier alpha value is -1.80. The molecule has 0 N–H and O–H groups in total. The maximum absolute atomic E-state index is 8.60. The van der Waals surface area contributed by atoms with Crippen LogP contribution in [0.25, 0.3) is 0 Å². The van der Waals surface area contributed by atoms with E-state index in [4.69, 9.17) is 10.5 Å². The van der Waals surface area contributed by atoms with Crippen LogP contribution in [0.3, 0.4) is 0 Å². The molecule has 1 aromatic rings. The molecule has 2 heteroatoms. The van der Waals surface area contributed by atoms with Gasteiger partial charge in [-0.05, 0) is 24.6 Å². The van der Waals surface area contributed by atoms with Crippen molar-refractivity contribution >= 4 is 0 Å². The normalized spacial score (nSPS) is 11.2. The van der Waals surface area contributed by atoms with Gasteiger partial charge in [-0.2, -0.15) is 10.5 Å². The Labute approximate surface area is 71.7 Å². The van der Waals surface area contributed by atoms with Crippen molar-refractivity contribution in [3.8, 4) is 12.1 Å². The van der Waals surface area contributed by atoms with E-state index in [2.05, 4.69) is 6.07 Å². The highest BCUT2D eigenvalue weighted by Crippen LogP contribution is 2.13. The van der Waals surface area contributed by atoms with Gasteiger partial charge in [0.25, 0.3) is 0 Å². The van der Waals surface area contributed by atoms with Crippen LogP contribution in [0.1, 0.15) is 24.0 Å². The molecule has 1 aromatic carbocycles. The summed E-state index contributed by atoms with van der Waals surface area (Å²) < 4.78 is 0. The molecule has 0 saturated carbocycles. The zero-order valence-corrected chi connectivity index (χ0v) is 6.78. The zero-order chi connectivity index (χ0) is 8.97. The molecule has 12 heavy (non-hydrogen) atoms. The van der Waals surface area contributed by atoms with Crippen molar-refractivity contribution in [2.45, 2.75) is 12.8 Å². The number of hydrogen-bond acceptors (Lipinski definition) is 2. The molecule has 0 bridgehead atoms. The van der Waals surface area contributed by atoms with Gasteiger partial charge in [-0.1, -0.05) is 12.1 Å². The molecular formula is C10H8N2. The van der Waals surface area contributed by atoms with Gasteiger partial charge in [0.15, 0.2) is 0 Å². The summed E-state index contributed by atoms with van der Waals surface area (Å²) in [5.41, 5.74) is 1.58. The van der Waals surface area contributed by atoms with E-state index in [-0.39, 0.29) is 5.92 Å². The van der Waals surface area contributed by atoms with Crippen LogP contribution in [-0.4, -0.2) is 0 Å². The number of nitriles is 2. The van der Waals surface area contributed by atoms with Crippen molar-refractivity contribution < 1.29 is 0 Å². The van der Waals surface area contributed by atoms with Gasteiger partial charge in [0.1, 0.15) is 0 Å². The Morgan fingerprint density at radius 3 is 2.17 bits per heavy atom. The number of rotatable bonds is 1. The van der Waals surface area contributed by atoms with Gasteiger partial charge in [0, 0.05) is 0 Å². The van der Waals surface area contributed by atoms with Crippen LogP contribution >= 0.6 is 0 Å². The first kappa shape index (κ1) is 8.30. The smallest absolute Gasteiger partial charge is 0.0991 e. The van der Waals surface area contributed by atoms with Crippen LogP contribution in [0.5, 0.6) is 0 Å². The van der Waals surface area contributed by atoms with Crippen LogP contribution in [0.4, 0.5) is 0 Å². The Kier molecular flexibility index (Phi) is 2.46. The van der Waals surface area contributed by atoms with Gasteiger partial charge in [0.2, 0.25) is 0 Å². The predicted octanol–water partition coefficient (Wildman–Crippen LogP) is 2.19. The van der Waals surface area contributed by atoms with Crippen LogP contribution in [0.2, 0.25) is 0 Å². The summed E-state index contributed by atoms with van der Waals surface area (Å²) in [7, 11) is 0. The summed E-state index contributed by atoms with van der Waals surface area (Å²) in [6.45, 7) is 1.83. The highest BCUT2D eigenvalue weighted by molar-refractivity contribution is 5.34. The lowest BCUT2D eigenvalue weighted by Crippen LogP contribution is -1.88. The Morgan fingerprint density at radius 1 is 1.17 bits per heavy atom. The monoisotopic (exact) mass is 156 g/mol. The van der Waals surface area contributed by atoms with Crippen molar-refractivity contribution in [2.24, 2.45) is 0 Å². The summed E-state index contributed by atoms with van der Waals surface area (Å²) in [5.74, 6) is -0.0993. The number of hydrogen-bond donors (Lipinski definition) is 0. The maximum Gasteiger partial charge on any atom is 0.0991 e. The van der Waals surface area contributed by atoms with Gasteiger partial charge >= 0.3 is 0 Å². The molecule has 1 atom stereocenters. The lowest BCUT2D eigenvalue weighted by atomic mass is 10.0. The minimum Gasteiger partial charge on any atom is -0.198 e. The SMILES string of the molecule is C[C@@H](C#N)c1ccc(C#N)cc1. The van der Waals surface area contributed by atoms with Crippen LogP contribution in [0, 0.1) is 22.7 Å². The summed E-state index contributed by atoms with van der Waals surface area (Å²) in [6.07, 6.45) is 0. The minimum atomic E-state index is -0.0993. The fraction of sp³-hybridized carbons (Fsp3) is 0.200. The van der Waals surface area contributed by atoms with E-state index in [0.29, 0.717) is 5.56 Å². The summed E-state index contributed by atoms with van der Waals surface area (Å²) in [4.78, 5) is 0. The minimum absolute atomic E-state index is 0.0993. The second-order valence-electron chi connectivity index (χ2n) is 2.58. The Morgan fingerprint density at radius 2 is 1.75 bits per heavy atom. The van der Waals surface area contributed by atoms with E-state index in [0.717, 1.165) is 5.56 Å². The first-order valence-electron chi connectivity index (χ1n) is 3.67. The molecule has 0 amide bonds. The topological polar surface area (TPSA) is 47.6 Å². The molecule has 58 valence electrons. The van der Waals surface area contributed by atoms with E-state index < -0.39 is 0 Å². The van der Waals surface area contributed by atoms with Gasteiger partial charge in [0.05, 0.1) is 23.6 Å². The molecule has 0 aliphatic heterocycles. The van der Waals surface area contributed by atoms with Gasteiger partial charge in [-0.15, -0.1) is 0 Å². The standard InChI is InChI=1S/C10H8N2/c1-8(6-11)10-4-2-9(7-12)3-5-10/h2-5,8H,1H3/t8-/m0/s1. The molecule has 0 fully saturated rings. The van der Waals surface area contributed by atoms with Crippen molar-refractivity contribution in [3.05, 3.63) is 35.4 Å². The summed E-state index contributed by atoms with van der Waals surface area (Å²) >= 11 is 0. The molecule has 0 aromatic heterocycles. The number of benzene rings is 1. The van der Waals surface area contributed by atoms with Crippen molar-refractivity contribution in [1.29, 1.82) is 10.5 Å². The lowest BCUT2D eigenvalue weighted by molar-refractivity contribution is 0.981. The number of nitrogens with zero attached hydrogens (tertiary/aromatic N) is 2. The second kappa shape index (κ2) is 3.55. The van der Waals surface area contributed by atoms with Gasteiger partial charge < -0.3 is 0 Å². The molecule has 0 unspecified atom stereocenters. The third kappa shape index (κ3) is 1.62. The van der Waals surface area contributed by atoms with Gasteiger partial charge in [-0.25, -0.2) is 0 Å². The highest BCUT2D eigenvalue weighted by atomic mass is 14.3. The largest absolute Gasteiger partial charge is 0.198 e. The van der Waals surface area contributed by atoms with Crippen molar-refractivity contribution in [1.82, 2.24) is 0 Å². The van der Waals surface area contributed by atoms with Gasteiger partial charge in [-0.3, -0.25) is 0 Å². The molecule has 0 aliphatic carbocycles. The first-order valence-corrected chi connectivity index (χ1v) is 3.67. The fourth-order valence-electron chi connectivity index (χ4n) is 0.921. The molecular weight excluding hydrogens is 148 g/mol. The van der Waals surface area contributed by atoms with E-state index in [1.54, 1.807) is 12.1 Å². The Balaban J connectivity index is 2.96. The average Bonchev–Trinajstić information content (AvgIpc) is 2.17. The molecule has 0 aliphatic rings. The summed E-state index contributed by atoms with van der Waals surface area (Å²) in [5, 5.41) is 17.1. The predicted molar refractivity (Wildman–Crippen MR) is 45.2 cm³/mol. The molecule has 1 rings (SSSR count). The van der Waals surface area contributed by atoms with Crippen LogP contribution in [-0.2, 0) is 0 Å². The van der Waals surface area contributed by atoms with Crippen molar-refractivity contribution in [3.63, 3.8) is 0 Å². The molecule has 0 radical (unpaired) electrons. The third-order valence-corrected chi connectivity index (χ3v) is 1.73. The van der Waals surface area contributed by atoms with E-state index in [1.165, 1.54) is 0 Å². The molecule has 0 saturated heterocycles.